The van der Waals surface area contributed by atoms with Crippen LogP contribution < -0.4 is 4.74 Å². The van der Waals surface area contributed by atoms with Crippen molar-refractivity contribution in [1.29, 1.82) is 0 Å². The van der Waals surface area contributed by atoms with Gasteiger partial charge < -0.3 is 4.74 Å². The third kappa shape index (κ3) is 5.70. The van der Waals surface area contributed by atoms with Crippen LogP contribution in [0.2, 0.25) is 0 Å². The fourth-order valence-corrected chi connectivity index (χ4v) is 1.56. The van der Waals surface area contributed by atoms with E-state index in [0.29, 0.717) is 12.0 Å². The van der Waals surface area contributed by atoms with E-state index in [-0.39, 0.29) is 23.9 Å². The zero-order valence-corrected chi connectivity index (χ0v) is 10.3. The lowest BCUT2D eigenvalue weighted by atomic mass is 10.0. The van der Waals surface area contributed by atoms with E-state index in [0.717, 1.165) is 0 Å². The summed E-state index contributed by atoms with van der Waals surface area (Å²) in [5.74, 6) is 0.0855. The molecule has 0 bridgehead atoms. The van der Waals surface area contributed by atoms with Crippen LogP contribution in [-0.2, 0) is 11.2 Å². The first kappa shape index (κ1) is 14.5. The number of carbonyl (C=O) groups excluding carboxylic acids is 1. The van der Waals surface area contributed by atoms with E-state index >= 15 is 0 Å². The van der Waals surface area contributed by atoms with Crippen molar-refractivity contribution >= 4 is 5.78 Å². The van der Waals surface area contributed by atoms with Gasteiger partial charge in [-0.2, -0.15) is 0 Å². The summed E-state index contributed by atoms with van der Waals surface area (Å²) in [5, 5.41) is 0. The minimum absolute atomic E-state index is 0.0782. The number of ketones is 1. The minimum Gasteiger partial charge on any atom is -0.406 e. The standard InChI is InChI=1S/C13H15F3O2/c1-9(2)7-11(17)8-10-3-5-12(6-4-10)18-13(14,15)16/h3-6,9H,7-8H2,1-2H3. The zero-order valence-electron chi connectivity index (χ0n) is 10.3. The molecule has 0 spiro atoms. The van der Waals surface area contributed by atoms with E-state index in [9.17, 15) is 18.0 Å². The van der Waals surface area contributed by atoms with Gasteiger partial charge in [-0.25, -0.2) is 0 Å². The lowest BCUT2D eigenvalue weighted by Crippen LogP contribution is -2.17. The van der Waals surface area contributed by atoms with Crippen molar-refractivity contribution in [2.45, 2.75) is 33.1 Å². The number of ether oxygens (including phenoxy) is 1. The van der Waals surface area contributed by atoms with E-state index in [2.05, 4.69) is 4.74 Å². The predicted molar refractivity (Wildman–Crippen MR) is 61.3 cm³/mol. The Morgan fingerprint density at radius 1 is 1.22 bits per heavy atom. The minimum atomic E-state index is -4.69. The molecule has 0 unspecified atom stereocenters. The van der Waals surface area contributed by atoms with Crippen molar-refractivity contribution in [2.75, 3.05) is 0 Å². The summed E-state index contributed by atoms with van der Waals surface area (Å²) in [4.78, 5) is 11.5. The van der Waals surface area contributed by atoms with Crippen LogP contribution in [0.4, 0.5) is 13.2 Å². The van der Waals surface area contributed by atoms with Crippen molar-refractivity contribution < 1.29 is 22.7 Å². The van der Waals surface area contributed by atoms with E-state index < -0.39 is 6.36 Å². The van der Waals surface area contributed by atoms with E-state index in [1.165, 1.54) is 24.3 Å². The van der Waals surface area contributed by atoms with Crippen LogP contribution in [0.15, 0.2) is 24.3 Å². The maximum Gasteiger partial charge on any atom is 0.573 e. The van der Waals surface area contributed by atoms with Gasteiger partial charge in [0.05, 0.1) is 0 Å². The molecule has 0 saturated heterocycles. The molecule has 0 fully saturated rings. The number of carbonyl (C=O) groups is 1. The van der Waals surface area contributed by atoms with Gasteiger partial charge in [0.1, 0.15) is 11.5 Å². The normalized spacial score (nSPS) is 11.7. The summed E-state index contributed by atoms with van der Waals surface area (Å²) in [5.41, 5.74) is 0.690. The Morgan fingerprint density at radius 3 is 2.22 bits per heavy atom. The fourth-order valence-electron chi connectivity index (χ4n) is 1.56. The van der Waals surface area contributed by atoms with Gasteiger partial charge in [0.15, 0.2) is 0 Å². The van der Waals surface area contributed by atoms with Crippen molar-refractivity contribution in [3.63, 3.8) is 0 Å². The first-order valence-electron chi connectivity index (χ1n) is 5.62. The first-order valence-corrected chi connectivity index (χ1v) is 5.62. The summed E-state index contributed by atoms with van der Waals surface area (Å²) in [6.07, 6.45) is -3.97. The quantitative estimate of drug-likeness (QED) is 0.806. The molecular formula is C13H15F3O2. The second kappa shape index (κ2) is 5.89. The maximum atomic E-state index is 11.9. The molecule has 1 rings (SSSR count). The molecule has 0 heterocycles. The molecule has 100 valence electrons. The van der Waals surface area contributed by atoms with Gasteiger partial charge in [-0.3, -0.25) is 4.79 Å². The highest BCUT2D eigenvalue weighted by atomic mass is 19.4. The SMILES string of the molecule is CC(C)CC(=O)Cc1ccc(OC(F)(F)F)cc1. The Hall–Kier alpha value is -1.52. The van der Waals surface area contributed by atoms with Crippen molar-refractivity contribution in [3.8, 4) is 5.75 Å². The fraction of sp³-hybridized carbons (Fsp3) is 0.462. The smallest absolute Gasteiger partial charge is 0.406 e. The molecule has 0 amide bonds. The number of rotatable bonds is 5. The Kier molecular flexibility index (Phi) is 4.76. The largest absolute Gasteiger partial charge is 0.573 e. The molecule has 5 heteroatoms. The number of benzene rings is 1. The van der Waals surface area contributed by atoms with Gasteiger partial charge in [0.25, 0.3) is 0 Å². The average Bonchev–Trinajstić information content (AvgIpc) is 2.17. The number of hydrogen-bond acceptors (Lipinski definition) is 2. The summed E-state index contributed by atoms with van der Waals surface area (Å²) in [6.45, 7) is 3.89. The summed E-state index contributed by atoms with van der Waals surface area (Å²) in [7, 11) is 0. The number of halogens is 3. The van der Waals surface area contributed by atoms with Crippen LogP contribution in [0.5, 0.6) is 5.75 Å². The zero-order chi connectivity index (χ0) is 13.8. The molecule has 0 saturated carbocycles. The van der Waals surface area contributed by atoms with Crippen molar-refractivity contribution in [1.82, 2.24) is 0 Å². The Balaban J connectivity index is 2.58. The van der Waals surface area contributed by atoms with Gasteiger partial charge in [-0.15, -0.1) is 13.2 Å². The number of Topliss-reactive ketones (excluding diaryl/α,β-unsaturated/α-hetero) is 1. The van der Waals surface area contributed by atoms with Crippen molar-refractivity contribution in [3.05, 3.63) is 29.8 Å². The second-order valence-corrected chi connectivity index (χ2v) is 4.51. The molecule has 18 heavy (non-hydrogen) atoms. The second-order valence-electron chi connectivity index (χ2n) is 4.51. The molecule has 0 aliphatic rings. The lowest BCUT2D eigenvalue weighted by molar-refractivity contribution is -0.274. The monoisotopic (exact) mass is 260 g/mol. The molecule has 2 nitrogen and oxygen atoms in total. The Labute approximate surface area is 104 Å². The van der Waals surface area contributed by atoms with Gasteiger partial charge >= 0.3 is 6.36 Å². The van der Waals surface area contributed by atoms with Gasteiger partial charge in [0.2, 0.25) is 0 Å². The lowest BCUT2D eigenvalue weighted by Gasteiger charge is -2.09. The molecule has 0 aromatic heterocycles. The molecular weight excluding hydrogens is 245 g/mol. The highest BCUT2D eigenvalue weighted by Gasteiger charge is 2.30. The van der Waals surface area contributed by atoms with Crippen LogP contribution in [-0.4, -0.2) is 12.1 Å². The molecule has 0 aliphatic carbocycles. The van der Waals surface area contributed by atoms with Crippen molar-refractivity contribution in [2.24, 2.45) is 5.92 Å². The van der Waals surface area contributed by atoms with Gasteiger partial charge in [-0.1, -0.05) is 26.0 Å². The van der Waals surface area contributed by atoms with E-state index in [1.54, 1.807) is 0 Å². The third-order valence-corrected chi connectivity index (χ3v) is 2.19. The molecule has 0 radical (unpaired) electrons. The van der Waals surface area contributed by atoms with Crippen LogP contribution in [0, 0.1) is 5.92 Å². The first-order chi connectivity index (χ1) is 8.26. The highest BCUT2D eigenvalue weighted by molar-refractivity contribution is 5.81. The van der Waals surface area contributed by atoms with Crippen LogP contribution in [0.3, 0.4) is 0 Å². The average molecular weight is 260 g/mol. The highest BCUT2D eigenvalue weighted by Crippen LogP contribution is 2.23. The Bertz CT molecular complexity index is 394. The van der Waals surface area contributed by atoms with Gasteiger partial charge in [0, 0.05) is 12.8 Å². The molecule has 0 aliphatic heterocycles. The maximum absolute atomic E-state index is 11.9. The van der Waals surface area contributed by atoms with Crippen LogP contribution in [0.1, 0.15) is 25.8 Å². The third-order valence-electron chi connectivity index (χ3n) is 2.19. The van der Waals surface area contributed by atoms with Gasteiger partial charge in [-0.05, 0) is 23.6 Å². The number of alkyl halides is 3. The number of hydrogen-bond donors (Lipinski definition) is 0. The van der Waals surface area contributed by atoms with Crippen LogP contribution in [0.25, 0.3) is 0 Å². The topological polar surface area (TPSA) is 26.3 Å². The predicted octanol–water partition coefficient (Wildman–Crippen LogP) is 3.74. The summed E-state index contributed by atoms with van der Waals surface area (Å²) >= 11 is 0. The molecule has 1 aromatic rings. The van der Waals surface area contributed by atoms with E-state index in [4.69, 9.17) is 0 Å². The summed E-state index contributed by atoms with van der Waals surface area (Å²) in [6, 6.07) is 5.37. The van der Waals surface area contributed by atoms with E-state index in [1.807, 2.05) is 13.8 Å². The molecule has 1 aromatic carbocycles. The van der Waals surface area contributed by atoms with Crippen LogP contribution >= 0.6 is 0 Å². The molecule has 0 N–H and O–H groups in total. The summed E-state index contributed by atoms with van der Waals surface area (Å²) < 4.78 is 39.5. The Morgan fingerprint density at radius 2 is 1.78 bits per heavy atom. The molecule has 0 atom stereocenters.